The summed E-state index contributed by atoms with van der Waals surface area (Å²) in [6, 6.07) is 8.60. The number of fused-ring (bicyclic) bond motifs is 2. The van der Waals surface area contributed by atoms with E-state index in [1.54, 1.807) is 6.20 Å². The first-order valence-electron chi connectivity index (χ1n) is 15.7. The zero-order chi connectivity index (χ0) is 32.2. The van der Waals surface area contributed by atoms with Crippen LogP contribution in [-0.4, -0.2) is 91.3 Å². The summed E-state index contributed by atoms with van der Waals surface area (Å²) in [5, 5.41) is 21.0. The summed E-state index contributed by atoms with van der Waals surface area (Å²) in [5.41, 5.74) is 15.4. The molecule has 12 nitrogen and oxygen atoms in total. The summed E-state index contributed by atoms with van der Waals surface area (Å²) >= 11 is 3.35. The fraction of sp³-hybridized carbons (Fsp3) is 0.531. The van der Waals surface area contributed by atoms with Crippen LogP contribution in [0.3, 0.4) is 0 Å². The fourth-order valence-electron chi connectivity index (χ4n) is 6.90. The van der Waals surface area contributed by atoms with E-state index in [9.17, 15) is 10.5 Å². The van der Waals surface area contributed by atoms with Crippen LogP contribution in [0.4, 0.5) is 22.5 Å². The van der Waals surface area contributed by atoms with Gasteiger partial charge in [0.05, 0.1) is 23.0 Å². The van der Waals surface area contributed by atoms with E-state index in [0.29, 0.717) is 53.3 Å². The van der Waals surface area contributed by atoms with Crippen LogP contribution < -0.4 is 26.0 Å². The van der Waals surface area contributed by atoms with Crippen LogP contribution >= 0.6 is 23.1 Å². The number of likely N-dealkylation sites (N-methyl/N-ethyl adjacent to an activating group) is 1. The van der Waals surface area contributed by atoms with Crippen molar-refractivity contribution >= 4 is 45.6 Å². The van der Waals surface area contributed by atoms with E-state index in [1.807, 2.05) is 42.8 Å². The number of hydrogen-bond donors (Lipinski definition) is 2. The molecule has 6 heterocycles. The molecule has 3 fully saturated rings. The molecular formula is C32H39N11OS2. The second kappa shape index (κ2) is 11.8. The number of nitrogen functional groups attached to an aromatic ring is 2. The predicted molar refractivity (Wildman–Crippen MR) is 182 cm³/mol. The van der Waals surface area contributed by atoms with Gasteiger partial charge in [-0.3, -0.25) is 0 Å². The number of nitriles is 2. The number of nitrogens with zero attached hydrogens (tertiary/aromatic N) is 9. The SMILES string of the molecule is C[C@H](c1cccnc1N)N(C)c1nc(OCC2(CN3CCN(C)CC3)CC2)nc(N2CC3(C2)SCc2sc(N)c(C#N)c23)c1C#N. The van der Waals surface area contributed by atoms with Crippen molar-refractivity contribution < 1.29 is 4.74 Å². The molecule has 1 aliphatic carbocycles. The third-order valence-electron chi connectivity index (χ3n) is 10.1. The lowest BCUT2D eigenvalue weighted by atomic mass is 9.88. The van der Waals surface area contributed by atoms with Gasteiger partial charge in [-0.2, -0.15) is 20.5 Å². The molecule has 2 saturated heterocycles. The van der Waals surface area contributed by atoms with Gasteiger partial charge in [0.2, 0.25) is 0 Å². The van der Waals surface area contributed by atoms with Gasteiger partial charge in [-0.1, -0.05) is 6.07 Å². The Bertz CT molecular complexity index is 1730. The summed E-state index contributed by atoms with van der Waals surface area (Å²) in [4.78, 5) is 24.2. The number of ether oxygens (including phenoxy) is 1. The smallest absolute Gasteiger partial charge is 0.320 e. The van der Waals surface area contributed by atoms with Gasteiger partial charge in [0.25, 0.3) is 0 Å². The Labute approximate surface area is 277 Å². The Morgan fingerprint density at radius 2 is 1.85 bits per heavy atom. The summed E-state index contributed by atoms with van der Waals surface area (Å²) in [6.45, 7) is 9.09. The molecular weight excluding hydrogens is 619 g/mol. The molecule has 4 aliphatic rings. The van der Waals surface area contributed by atoms with E-state index >= 15 is 0 Å². The van der Waals surface area contributed by atoms with E-state index in [2.05, 4.69) is 38.9 Å². The molecule has 3 aromatic heterocycles. The number of aromatic nitrogens is 3. The topological polar surface area (TPSA) is 160 Å². The van der Waals surface area contributed by atoms with Crippen molar-refractivity contribution in [1.29, 1.82) is 10.5 Å². The lowest BCUT2D eigenvalue weighted by Crippen LogP contribution is -2.57. The number of thioether (sulfide) groups is 1. The first kappa shape index (κ1) is 30.8. The van der Waals surface area contributed by atoms with Crippen LogP contribution in [0.25, 0.3) is 0 Å². The lowest BCUT2D eigenvalue weighted by molar-refractivity contribution is 0.107. The van der Waals surface area contributed by atoms with Crippen LogP contribution in [0.15, 0.2) is 18.3 Å². The summed E-state index contributed by atoms with van der Waals surface area (Å²) in [7, 11) is 4.08. The number of rotatable bonds is 9. The van der Waals surface area contributed by atoms with Crippen molar-refractivity contribution in [3.63, 3.8) is 0 Å². The molecule has 46 heavy (non-hydrogen) atoms. The van der Waals surface area contributed by atoms with E-state index in [1.165, 1.54) is 16.2 Å². The first-order valence-corrected chi connectivity index (χ1v) is 17.5. The largest absolute Gasteiger partial charge is 0.463 e. The van der Waals surface area contributed by atoms with Crippen LogP contribution in [0.5, 0.6) is 6.01 Å². The Hall–Kier alpha value is -3.82. The van der Waals surface area contributed by atoms with Gasteiger partial charge in [0.1, 0.15) is 28.5 Å². The molecule has 14 heteroatoms. The van der Waals surface area contributed by atoms with Gasteiger partial charge in [-0.05, 0) is 32.9 Å². The van der Waals surface area contributed by atoms with Crippen molar-refractivity contribution in [3.05, 3.63) is 45.5 Å². The van der Waals surface area contributed by atoms with Gasteiger partial charge in [0.15, 0.2) is 11.6 Å². The highest BCUT2D eigenvalue weighted by molar-refractivity contribution is 8.00. The minimum absolute atomic E-state index is 0.0983. The van der Waals surface area contributed by atoms with Crippen molar-refractivity contribution in [2.75, 3.05) is 87.8 Å². The van der Waals surface area contributed by atoms with E-state index in [-0.39, 0.29) is 22.2 Å². The first-order chi connectivity index (χ1) is 22.2. The Kier molecular flexibility index (Phi) is 7.88. The van der Waals surface area contributed by atoms with Crippen molar-refractivity contribution in [2.45, 2.75) is 36.3 Å². The molecule has 0 radical (unpaired) electrons. The monoisotopic (exact) mass is 657 g/mol. The molecule has 3 aliphatic heterocycles. The zero-order valence-electron chi connectivity index (χ0n) is 26.5. The summed E-state index contributed by atoms with van der Waals surface area (Å²) in [6.07, 6.45) is 3.90. The van der Waals surface area contributed by atoms with Crippen LogP contribution in [0, 0.1) is 28.1 Å². The second-order valence-electron chi connectivity index (χ2n) is 13.2. The number of hydrogen-bond acceptors (Lipinski definition) is 14. The molecule has 1 saturated carbocycles. The van der Waals surface area contributed by atoms with Crippen molar-refractivity contribution in [1.82, 2.24) is 24.8 Å². The minimum Gasteiger partial charge on any atom is -0.463 e. The molecule has 1 atom stereocenters. The Morgan fingerprint density at radius 1 is 1.11 bits per heavy atom. The minimum atomic E-state index is -0.253. The molecule has 7 rings (SSSR count). The maximum Gasteiger partial charge on any atom is 0.320 e. The Morgan fingerprint density at radius 3 is 2.52 bits per heavy atom. The third kappa shape index (κ3) is 5.37. The lowest BCUT2D eigenvalue weighted by Gasteiger charge is -2.48. The maximum atomic E-state index is 10.6. The number of pyridine rings is 1. The molecule has 1 spiro atoms. The average molecular weight is 658 g/mol. The van der Waals surface area contributed by atoms with Gasteiger partial charge >= 0.3 is 6.01 Å². The molecule has 240 valence electrons. The summed E-state index contributed by atoms with van der Waals surface area (Å²) in [5.74, 6) is 2.30. The highest BCUT2D eigenvalue weighted by atomic mass is 32.2. The third-order valence-corrected chi connectivity index (χ3v) is 12.7. The maximum absolute atomic E-state index is 10.6. The fourth-order valence-corrected chi connectivity index (χ4v) is 9.71. The van der Waals surface area contributed by atoms with Crippen LogP contribution in [0.1, 0.15) is 52.9 Å². The van der Waals surface area contributed by atoms with Crippen molar-refractivity contribution in [3.8, 4) is 18.1 Å². The van der Waals surface area contributed by atoms with Gasteiger partial charge in [0, 0.05) is 86.2 Å². The number of nitrogens with two attached hydrogens (primary N) is 2. The van der Waals surface area contributed by atoms with Crippen LogP contribution in [-0.2, 0) is 10.5 Å². The zero-order valence-corrected chi connectivity index (χ0v) is 28.1. The average Bonchev–Trinajstić information content (AvgIpc) is 3.59. The van der Waals surface area contributed by atoms with Gasteiger partial charge in [-0.25, -0.2) is 4.98 Å². The normalized spacial score (nSPS) is 20.4. The van der Waals surface area contributed by atoms with Crippen molar-refractivity contribution in [2.24, 2.45) is 5.41 Å². The number of thiophene rings is 1. The molecule has 3 aromatic rings. The van der Waals surface area contributed by atoms with E-state index in [0.717, 1.165) is 62.4 Å². The van der Waals surface area contributed by atoms with E-state index < -0.39 is 0 Å². The molecule has 0 unspecified atom stereocenters. The molecule has 0 aromatic carbocycles. The number of anilines is 4. The van der Waals surface area contributed by atoms with Crippen LogP contribution in [0.2, 0.25) is 0 Å². The summed E-state index contributed by atoms with van der Waals surface area (Å²) < 4.78 is 6.19. The van der Waals surface area contributed by atoms with Gasteiger partial charge < -0.3 is 35.8 Å². The molecule has 4 N–H and O–H groups in total. The molecule has 0 amide bonds. The predicted octanol–water partition coefficient (Wildman–Crippen LogP) is 3.41. The standard InChI is InChI=1S/C32H39N11OS2/c1-20(21-5-4-8-37-26(21)35)41(3)28-23(14-34)29(43-17-32(18-43)25-22(13-33)27(36)46-24(25)15-45-32)39-30(38-28)44-19-31(6-7-31)16-42-11-9-40(2)10-12-42/h4-5,8,20H,6-7,9-12,15-19,36H2,1-3H3,(H2,35,37)/t20-/m1/s1. The molecule has 0 bridgehead atoms. The quantitative estimate of drug-likeness (QED) is 0.345. The second-order valence-corrected chi connectivity index (χ2v) is 15.7. The van der Waals surface area contributed by atoms with Gasteiger partial charge in [-0.15, -0.1) is 23.1 Å². The highest BCUT2D eigenvalue weighted by Gasteiger charge is 2.53. The highest BCUT2D eigenvalue weighted by Crippen LogP contribution is 2.58. The van der Waals surface area contributed by atoms with E-state index in [4.69, 9.17) is 26.2 Å². The Balaban J connectivity index is 1.19. The number of piperazine rings is 1.